The highest BCUT2D eigenvalue weighted by Gasteiger charge is 2.22. The number of carbonyl (C=O) groups excluding carboxylic acids is 1. The van der Waals surface area contributed by atoms with Crippen molar-refractivity contribution in [1.29, 1.82) is 0 Å². The van der Waals surface area contributed by atoms with Gasteiger partial charge in [-0.25, -0.2) is 0 Å². The average Bonchev–Trinajstić information content (AvgIpc) is 2.95. The van der Waals surface area contributed by atoms with Gasteiger partial charge in [0.25, 0.3) is 5.91 Å². The lowest BCUT2D eigenvalue weighted by molar-refractivity contribution is -0.120. The summed E-state index contributed by atoms with van der Waals surface area (Å²) in [6.07, 6.45) is 2.08. The lowest BCUT2D eigenvalue weighted by Crippen LogP contribution is -2.18. The minimum absolute atomic E-state index is 0.00408. The van der Waals surface area contributed by atoms with Gasteiger partial charge in [0.2, 0.25) is 5.89 Å². The van der Waals surface area contributed by atoms with Crippen LogP contribution in [-0.4, -0.2) is 35.9 Å². The van der Waals surface area contributed by atoms with E-state index in [0.717, 1.165) is 19.4 Å². The summed E-state index contributed by atoms with van der Waals surface area (Å²) in [5.41, 5.74) is 0. The predicted octanol–water partition coefficient (Wildman–Crippen LogP) is 0.469. The molecule has 1 fully saturated rings. The van der Waals surface area contributed by atoms with Crippen molar-refractivity contribution in [3.8, 4) is 0 Å². The first kappa shape index (κ1) is 12.0. The lowest BCUT2D eigenvalue weighted by Gasteiger charge is -2.02. The molecule has 1 aromatic heterocycles. The SMILES string of the molecule is CCOCC(=O)Nc1nnc(C2CCCN2)o1. The summed E-state index contributed by atoms with van der Waals surface area (Å²) in [5, 5.41) is 13.4. The van der Waals surface area contributed by atoms with Crippen LogP contribution in [0.3, 0.4) is 0 Å². The van der Waals surface area contributed by atoms with Crippen LogP contribution in [0.2, 0.25) is 0 Å². The van der Waals surface area contributed by atoms with E-state index in [0.29, 0.717) is 12.5 Å². The Bertz CT molecular complexity index is 373. The van der Waals surface area contributed by atoms with Gasteiger partial charge in [-0.2, -0.15) is 0 Å². The van der Waals surface area contributed by atoms with E-state index in [-0.39, 0.29) is 24.6 Å². The van der Waals surface area contributed by atoms with Crippen molar-refractivity contribution in [1.82, 2.24) is 15.5 Å². The second-order valence-corrected chi connectivity index (χ2v) is 3.78. The molecule has 7 nitrogen and oxygen atoms in total. The third-order valence-electron chi connectivity index (χ3n) is 2.48. The molecule has 1 saturated heterocycles. The summed E-state index contributed by atoms with van der Waals surface area (Å²) >= 11 is 0. The van der Waals surface area contributed by atoms with Gasteiger partial charge in [0, 0.05) is 6.61 Å². The van der Waals surface area contributed by atoms with Crippen molar-refractivity contribution < 1.29 is 13.9 Å². The topological polar surface area (TPSA) is 89.3 Å². The van der Waals surface area contributed by atoms with E-state index in [9.17, 15) is 4.79 Å². The zero-order valence-electron chi connectivity index (χ0n) is 9.73. The van der Waals surface area contributed by atoms with Gasteiger partial charge < -0.3 is 14.5 Å². The third-order valence-corrected chi connectivity index (χ3v) is 2.48. The minimum atomic E-state index is -0.290. The van der Waals surface area contributed by atoms with Crippen LogP contribution in [0.5, 0.6) is 0 Å². The number of hydrogen-bond acceptors (Lipinski definition) is 6. The number of nitrogens with zero attached hydrogens (tertiary/aromatic N) is 2. The highest BCUT2D eigenvalue weighted by Crippen LogP contribution is 2.22. The molecule has 1 atom stereocenters. The second-order valence-electron chi connectivity index (χ2n) is 3.78. The number of aromatic nitrogens is 2. The molecule has 0 saturated carbocycles. The van der Waals surface area contributed by atoms with E-state index >= 15 is 0 Å². The van der Waals surface area contributed by atoms with Crippen molar-refractivity contribution in [3.63, 3.8) is 0 Å². The Balaban J connectivity index is 1.87. The van der Waals surface area contributed by atoms with Crippen molar-refractivity contribution >= 4 is 11.9 Å². The third kappa shape index (κ3) is 3.24. The van der Waals surface area contributed by atoms with Crippen LogP contribution in [0.1, 0.15) is 31.7 Å². The van der Waals surface area contributed by atoms with E-state index in [2.05, 4.69) is 20.8 Å². The molecular formula is C10H16N4O3. The molecule has 1 aliphatic rings. The van der Waals surface area contributed by atoms with Crippen molar-refractivity contribution in [2.45, 2.75) is 25.8 Å². The normalized spacial score (nSPS) is 19.5. The van der Waals surface area contributed by atoms with E-state index in [1.54, 1.807) is 0 Å². The maximum Gasteiger partial charge on any atom is 0.322 e. The zero-order valence-corrected chi connectivity index (χ0v) is 9.73. The summed E-state index contributed by atoms with van der Waals surface area (Å²) in [6.45, 7) is 3.27. The molecule has 1 unspecified atom stereocenters. The molecule has 1 aliphatic heterocycles. The summed E-state index contributed by atoms with van der Waals surface area (Å²) in [6, 6.07) is 0.235. The Morgan fingerprint density at radius 1 is 1.65 bits per heavy atom. The van der Waals surface area contributed by atoms with Gasteiger partial charge in [-0.3, -0.25) is 10.1 Å². The van der Waals surface area contributed by atoms with Crippen LogP contribution in [0.15, 0.2) is 4.42 Å². The first-order chi connectivity index (χ1) is 8.29. The van der Waals surface area contributed by atoms with Crippen molar-refractivity contribution in [2.75, 3.05) is 25.1 Å². The standard InChI is InChI=1S/C10H16N4O3/c1-2-16-6-8(15)12-10-14-13-9(17-10)7-4-3-5-11-7/h7,11H,2-6H2,1H3,(H,12,14,15). The summed E-state index contributed by atoms with van der Waals surface area (Å²) < 4.78 is 10.3. The van der Waals surface area contributed by atoms with Crippen molar-refractivity contribution in [3.05, 3.63) is 5.89 Å². The maximum atomic E-state index is 11.3. The van der Waals surface area contributed by atoms with Crippen LogP contribution < -0.4 is 10.6 Å². The number of carbonyl (C=O) groups is 1. The number of ether oxygens (including phenoxy) is 1. The number of rotatable bonds is 5. The smallest absolute Gasteiger partial charge is 0.322 e. The van der Waals surface area contributed by atoms with Crippen LogP contribution in [-0.2, 0) is 9.53 Å². The zero-order chi connectivity index (χ0) is 12.1. The van der Waals surface area contributed by atoms with Crippen LogP contribution in [0.25, 0.3) is 0 Å². The molecule has 7 heteroatoms. The van der Waals surface area contributed by atoms with Gasteiger partial charge in [-0.15, -0.1) is 5.10 Å². The first-order valence-corrected chi connectivity index (χ1v) is 5.74. The number of anilines is 1. The highest BCUT2D eigenvalue weighted by atomic mass is 16.5. The van der Waals surface area contributed by atoms with Crippen LogP contribution in [0, 0.1) is 0 Å². The van der Waals surface area contributed by atoms with E-state index in [4.69, 9.17) is 9.15 Å². The molecule has 1 amide bonds. The van der Waals surface area contributed by atoms with E-state index in [1.807, 2.05) is 6.92 Å². The molecule has 17 heavy (non-hydrogen) atoms. The molecule has 0 bridgehead atoms. The van der Waals surface area contributed by atoms with Gasteiger partial charge in [-0.05, 0) is 26.3 Å². The van der Waals surface area contributed by atoms with Gasteiger partial charge >= 0.3 is 6.01 Å². The van der Waals surface area contributed by atoms with Gasteiger partial charge in [-0.1, -0.05) is 5.10 Å². The summed E-state index contributed by atoms with van der Waals surface area (Å²) in [5.74, 6) is 0.232. The Labute approximate surface area is 98.9 Å². The molecule has 1 aromatic rings. The fraction of sp³-hybridized carbons (Fsp3) is 0.700. The number of hydrogen-bond donors (Lipinski definition) is 2. The van der Waals surface area contributed by atoms with Crippen LogP contribution in [0.4, 0.5) is 6.01 Å². The Morgan fingerprint density at radius 2 is 2.53 bits per heavy atom. The van der Waals surface area contributed by atoms with Gasteiger partial charge in [0.05, 0.1) is 6.04 Å². The molecule has 0 radical (unpaired) electrons. The molecular weight excluding hydrogens is 224 g/mol. The first-order valence-electron chi connectivity index (χ1n) is 5.74. The number of nitrogens with one attached hydrogen (secondary N) is 2. The highest BCUT2D eigenvalue weighted by molar-refractivity contribution is 5.89. The Kier molecular flexibility index (Phi) is 4.05. The van der Waals surface area contributed by atoms with Gasteiger partial charge in [0.15, 0.2) is 0 Å². The maximum absolute atomic E-state index is 11.3. The van der Waals surface area contributed by atoms with Crippen molar-refractivity contribution in [2.24, 2.45) is 0 Å². The van der Waals surface area contributed by atoms with Crippen LogP contribution >= 0.6 is 0 Å². The molecule has 2 N–H and O–H groups in total. The summed E-state index contributed by atoms with van der Waals surface area (Å²) in [7, 11) is 0. The molecule has 94 valence electrons. The Hall–Kier alpha value is -1.47. The molecule has 2 rings (SSSR count). The Morgan fingerprint density at radius 3 is 3.24 bits per heavy atom. The molecule has 0 spiro atoms. The lowest BCUT2D eigenvalue weighted by atomic mass is 10.2. The minimum Gasteiger partial charge on any atom is -0.406 e. The monoisotopic (exact) mass is 240 g/mol. The molecule has 0 aromatic carbocycles. The van der Waals surface area contributed by atoms with E-state index in [1.165, 1.54) is 0 Å². The quantitative estimate of drug-likeness (QED) is 0.777. The largest absolute Gasteiger partial charge is 0.406 e. The predicted molar refractivity (Wildman–Crippen MR) is 59.4 cm³/mol. The molecule has 0 aliphatic carbocycles. The summed E-state index contributed by atoms with van der Waals surface area (Å²) in [4.78, 5) is 11.3. The van der Waals surface area contributed by atoms with E-state index < -0.39 is 0 Å². The molecule has 2 heterocycles. The second kappa shape index (κ2) is 5.74. The number of amides is 1. The fourth-order valence-corrected chi connectivity index (χ4v) is 1.67. The fourth-order valence-electron chi connectivity index (χ4n) is 1.67. The average molecular weight is 240 g/mol. The van der Waals surface area contributed by atoms with Gasteiger partial charge in [0.1, 0.15) is 6.61 Å².